The zero-order valence-corrected chi connectivity index (χ0v) is 23.7. The summed E-state index contributed by atoms with van der Waals surface area (Å²) in [6, 6.07) is 6.15. The molecule has 2 saturated heterocycles. The maximum absolute atomic E-state index is 13.9. The van der Waals surface area contributed by atoms with Gasteiger partial charge in [-0.1, -0.05) is 12.1 Å². The number of carbonyl (C=O) groups excluding carboxylic acids is 1. The number of ether oxygens (including phenoxy) is 2. The van der Waals surface area contributed by atoms with Gasteiger partial charge in [0.25, 0.3) is 0 Å². The Morgan fingerprint density at radius 2 is 1.48 bits per heavy atom. The molecule has 0 saturated carbocycles. The molecule has 2 aliphatic heterocycles. The Kier molecular flexibility index (Phi) is 8.41. The quantitative estimate of drug-likeness (QED) is 0.256. The number of carbonyl (C=O) groups is 2. The van der Waals surface area contributed by atoms with E-state index in [1.807, 2.05) is 0 Å². The molecule has 0 spiro atoms. The zero-order chi connectivity index (χ0) is 33.8. The van der Waals surface area contributed by atoms with Crippen molar-refractivity contribution in [2.45, 2.75) is 62.4 Å². The molecule has 0 aliphatic carbocycles. The number of nitrogens with zero attached hydrogens (tertiary/aromatic N) is 1. The standard InChI is InChI=1S/C31H24F9NO5/c1-45-25-8-2-15(3-9-26(42)43)10-22(25)20-5-4-17(29(32,33)34)14-21(20)23-6-7-24-27(46-28(44)41(23)24)16-11-18(30(35,36)37)13-19(12-16)31(38,39)40/h2,4-5,8,10-14,23-24,27H,3,6-7,9H2,1H3,(H,42,43)/t23-,24-,27+/m0/s1. The number of halogens is 9. The van der Waals surface area contributed by atoms with Gasteiger partial charge in [0.2, 0.25) is 0 Å². The summed E-state index contributed by atoms with van der Waals surface area (Å²) in [7, 11) is 1.32. The third-order valence-corrected chi connectivity index (χ3v) is 8.08. The number of hydrogen-bond acceptors (Lipinski definition) is 4. The van der Waals surface area contributed by atoms with E-state index in [9.17, 15) is 49.1 Å². The number of hydrogen-bond donors (Lipinski definition) is 1. The molecule has 3 atom stereocenters. The summed E-state index contributed by atoms with van der Waals surface area (Å²) in [5.41, 5.74) is -3.82. The van der Waals surface area contributed by atoms with Gasteiger partial charge in [0.15, 0.2) is 0 Å². The van der Waals surface area contributed by atoms with Gasteiger partial charge in [-0.05, 0) is 84.0 Å². The minimum Gasteiger partial charge on any atom is -0.496 e. The van der Waals surface area contributed by atoms with Crippen LogP contribution in [0.4, 0.5) is 44.3 Å². The van der Waals surface area contributed by atoms with Crippen LogP contribution in [0, 0.1) is 0 Å². The Labute approximate surface area is 255 Å². The summed E-state index contributed by atoms with van der Waals surface area (Å²) in [5, 5.41) is 9.09. The van der Waals surface area contributed by atoms with Crippen molar-refractivity contribution >= 4 is 12.1 Å². The van der Waals surface area contributed by atoms with Gasteiger partial charge in [0, 0.05) is 12.0 Å². The molecule has 0 aromatic heterocycles. The predicted molar refractivity (Wildman–Crippen MR) is 143 cm³/mol. The number of rotatable bonds is 7. The molecule has 2 heterocycles. The minimum absolute atomic E-state index is 0.00978. The lowest BCUT2D eigenvalue weighted by molar-refractivity contribution is -0.143. The predicted octanol–water partition coefficient (Wildman–Crippen LogP) is 8.83. The van der Waals surface area contributed by atoms with Crippen molar-refractivity contribution in [1.82, 2.24) is 4.90 Å². The largest absolute Gasteiger partial charge is 0.496 e. The number of benzene rings is 3. The van der Waals surface area contributed by atoms with E-state index in [-0.39, 0.29) is 54.2 Å². The van der Waals surface area contributed by atoms with E-state index in [0.29, 0.717) is 17.7 Å². The van der Waals surface area contributed by atoms with Gasteiger partial charge < -0.3 is 14.6 Å². The third-order valence-electron chi connectivity index (χ3n) is 8.08. The molecule has 0 bridgehead atoms. The summed E-state index contributed by atoms with van der Waals surface area (Å²) in [6.07, 6.45) is -17.9. The second-order valence-corrected chi connectivity index (χ2v) is 10.9. The normalized spacial score (nSPS) is 20.1. The number of methoxy groups -OCH3 is 1. The van der Waals surface area contributed by atoms with Crippen LogP contribution >= 0.6 is 0 Å². The Bertz CT molecular complexity index is 1630. The maximum Gasteiger partial charge on any atom is 0.416 e. The molecule has 1 amide bonds. The number of alkyl halides is 9. The van der Waals surface area contributed by atoms with E-state index < -0.39 is 71.0 Å². The molecule has 5 rings (SSSR count). The fraction of sp³-hybridized carbons (Fsp3) is 0.355. The van der Waals surface area contributed by atoms with Gasteiger partial charge in [-0.2, -0.15) is 39.5 Å². The van der Waals surface area contributed by atoms with Crippen LogP contribution in [0.25, 0.3) is 11.1 Å². The summed E-state index contributed by atoms with van der Waals surface area (Å²) in [6.45, 7) is 0. The van der Waals surface area contributed by atoms with Crippen LogP contribution in [-0.4, -0.2) is 35.2 Å². The highest BCUT2D eigenvalue weighted by Crippen LogP contribution is 2.51. The van der Waals surface area contributed by atoms with Gasteiger partial charge in [-0.25, -0.2) is 4.79 Å². The van der Waals surface area contributed by atoms with Crippen LogP contribution in [0.1, 0.15) is 64.8 Å². The molecule has 2 aliphatic rings. The number of fused-ring (bicyclic) bond motifs is 1. The SMILES string of the molecule is COc1ccc(CCC(=O)O)cc1-c1ccc(C(F)(F)F)cc1[C@@H]1CC[C@H]2[C@@H](c3cc(C(F)(F)F)cc(C(F)(F)F)c3)OC(=O)N12. The molecule has 1 N–H and O–H groups in total. The lowest BCUT2D eigenvalue weighted by atomic mass is 9.90. The first-order valence-electron chi connectivity index (χ1n) is 13.8. The Morgan fingerprint density at radius 3 is 2.04 bits per heavy atom. The van der Waals surface area contributed by atoms with E-state index in [0.717, 1.165) is 17.0 Å². The van der Waals surface area contributed by atoms with Crippen LogP contribution in [0.5, 0.6) is 5.75 Å². The monoisotopic (exact) mass is 661 g/mol. The number of carboxylic acid groups (broad SMARTS) is 1. The number of aliphatic carboxylic acids is 1. The Hall–Kier alpha value is -4.43. The topological polar surface area (TPSA) is 76.1 Å². The van der Waals surface area contributed by atoms with Gasteiger partial charge in [-0.15, -0.1) is 0 Å². The molecule has 46 heavy (non-hydrogen) atoms. The van der Waals surface area contributed by atoms with Crippen LogP contribution in [0.2, 0.25) is 0 Å². The van der Waals surface area contributed by atoms with Crippen molar-refractivity contribution in [1.29, 1.82) is 0 Å². The number of carboxylic acids is 1. The first-order chi connectivity index (χ1) is 21.4. The lowest BCUT2D eigenvalue weighted by Crippen LogP contribution is -2.31. The van der Waals surface area contributed by atoms with Crippen LogP contribution in [0.3, 0.4) is 0 Å². The average Bonchev–Trinajstić information content (AvgIpc) is 3.55. The van der Waals surface area contributed by atoms with E-state index in [4.69, 9.17) is 14.6 Å². The first kappa shape index (κ1) is 32.9. The molecule has 2 fully saturated rings. The molecule has 3 aromatic carbocycles. The highest BCUT2D eigenvalue weighted by atomic mass is 19.4. The molecule has 3 aromatic rings. The van der Waals surface area contributed by atoms with E-state index >= 15 is 0 Å². The van der Waals surface area contributed by atoms with Crippen LogP contribution < -0.4 is 4.74 Å². The van der Waals surface area contributed by atoms with Crippen LogP contribution in [-0.2, 0) is 34.5 Å². The zero-order valence-electron chi connectivity index (χ0n) is 23.7. The first-order valence-corrected chi connectivity index (χ1v) is 13.8. The Morgan fingerprint density at radius 1 is 0.848 bits per heavy atom. The van der Waals surface area contributed by atoms with Crippen molar-refractivity contribution in [2.75, 3.05) is 7.11 Å². The highest BCUT2D eigenvalue weighted by molar-refractivity contribution is 5.78. The molecular weight excluding hydrogens is 637 g/mol. The van der Waals surface area contributed by atoms with Gasteiger partial charge in [-0.3, -0.25) is 9.69 Å². The second kappa shape index (κ2) is 11.7. The van der Waals surface area contributed by atoms with E-state index in [1.54, 1.807) is 12.1 Å². The van der Waals surface area contributed by atoms with Crippen LogP contribution in [0.15, 0.2) is 54.6 Å². The number of amides is 1. The fourth-order valence-corrected chi connectivity index (χ4v) is 6.02. The molecule has 0 radical (unpaired) electrons. The van der Waals surface area contributed by atoms with Crippen molar-refractivity contribution in [2.24, 2.45) is 0 Å². The third kappa shape index (κ3) is 6.44. The molecule has 6 nitrogen and oxygen atoms in total. The Balaban J connectivity index is 1.60. The summed E-state index contributed by atoms with van der Waals surface area (Å²) in [4.78, 5) is 25.4. The number of aryl methyl sites for hydroxylation is 1. The van der Waals surface area contributed by atoms with Gasteiger partial charge in [0.1, 0.15) is 11.9 Å². The second-order valence-electron chi connectivity index (χ2n) is 10.9. The molecule has 0 unspecified atom stereocenters. The molecule has 246 valence electrons. The average molecular weight is 662 g/mol. The van der Waals surface area contributed by atoms with Crippen molar-refractivity contribution in [3.8, 4) is 16.9 Å². The van der Waals surface area contributed by atoms with E-state index in [1.165, 1.54) is 19.2 Å². The van der Waals surface area contributed by atoms with Gasteiger partial charge >= 0.3 is 30.6 Å². The fourth-order valence-electron chi connectivity index (χ4n) is 6.02. The molecular formula is C31H24F9NO5. The lowest BCUT2D eigenvalue weighted by Gasteiger charge is -2.26. The van der Waals surface area contributed by atoms with Crippen molar-refractivity contribution < 1.29 is 63.7 Å². The smallest absolute Gasteiger partial charge is 0.416 e. The maximum atomic E-state index is 13.9. The minimum atomic E-state index is -5.15. The summed E-state index contributed by atoms with van der Waals surface area (Å²) < 4.78 is 134. The summed E-state index contributed by atoms with van der Waals surface area (Å²) in [5.74, 6) is -0.852. The highest BCUT2D eigenvalue weighted by Gasteiger charge is 2.52. The van der Waals surface area contributed by atoms with Gasteiger partial charge in [0.05, 0.1) is 35.9 Å². The van der Waals surface area contributed by atoms with Crippen molar-refractivity contribution in [3.05, 3.63) is 88.0 Å². The molecule has 15 heteroatoms. The van der Waals surface area contributed by atoms with E-state index in [2.05, 4.69) is 0 Å². The number of cyclic esters (lactones) is 1. The summed E-state index contributed by atoms with van der Waals surface area (Å²) >= 11 is 0. The van der Waals surface area contributed by atoms with Crippen molar-refractivity contribution in [3.63, 3.8) is 0 Å².